The first-order valence-electron chi connectivity index (χ1n) is 11.1. The molecule has 1 atom stereocenters. The smallest absolute Gasteiger partial charge is 0.267 e. The van der Waals surface area contributed by atoms with Crippen molar-refractivity contribution in [3.05, 3.63) is 44.7 Å². The molecule has 4 rings (SSSR count). The van der Waals surface area contributed by atoms with Gasteiger partial charge in [0, 0.05) is 19.3 Å². The lowest BCUT2D eigenvalue weighted by Crippen LogP contribution is -2.35. The Hall–Kier alpha value is -2.23. The second-order valence-corrected chi connectivity index (χ2v) is 9.85. The number of thioether (sulfide) groups is 1. The number of amides is 1. The van der Waals surface area contributed by atoms with Crippen LogP contribution >= 0.6 is 24.0 Å². The first-order chi connectivity index (χ1) is 15.5. The van der Waals surface area contributed by atoms with E-state index in [9.17, 15) is 9.59 Å². The zero-order valence-corrected chi connectivity index (χ0v) is 20.1. The molecule has 4 heterocycles. The van der Waals surface area contributed by atoms with E-state index < -0.39 is 0 Å². The van der Waals surface area contributed by atoms with Crippen LogP contribution in [0.25, 0.3) is 11.7 Å². The molecule has 0 radical (unpaired) electrons. The minimum absolute atomic E-state index is 0.0172. The highest BCUT2D eigenvalue weighted by atomic mass is 32.2. The fourth-order valence-corrected chi connectivity index (χ4v) is 5.14. The van der Waals surface area contributed by atoms with Crippen molar-refractivity contribution in [2.75, 3.05) is 25.0 Å². The van der Waals surface area contributed by atoms with Crippen LogP contribution < -0.4 is 10.9 Å². The quantitative estimate of drug-likeness (QED) is 0.354. The Kier molecular flexibility index (Phi) is 7.27. The highest BCUT2D eigenvalue weighted by Crippen LogP contribution is 2.34. The molecular weight excluding hydrogens is 444 g/mol. The molecule has 2 fully saturated rings. The van der Waals surface area contributed by atoms with E-state index in [0.29, 0.717) is 39.3 Å². The number of carbonyl (C=O) groups excluding carboxylic acids is 1. The Morgan fingerprint density at radius 2 is 2.19 bits per heavy atom. The van der Waals surface area contributed by atoms with Crippen LogP contribution in [-0.4, -0.2) is 50.3 Å². The van der Waals surface area contributed by atoms with Crippen molar-refractivity contribution in [3.63, 3.8) is 0 Å². The number of aromatic nitrogens is 2. The number of nitrogens with zero attached hydrogens (tertiary/aromatic N) is 3. The molecule has 2 saturated heterocycles. The molecule has 0 aliphatic carbocycles. The fourth-order valence-electron chi connectivity index (χ4n) is 3.89. The van der Waals surface area contributed by atoms with Crippen LogP contribution in [-0.2, 0) is 9.53 Å². The molecule has 9 heteroatoms. The Balaban J connectivity index is 1.69. The third kappa shape index (κ3) is 4.89. The molecule has 0 saturated carbocycles. The van der Waals surface area contributed by atoms with E-state index in [2.05, 4.69) is 17.2 Å². The van der Waals surface area contributed by atoms with Crippen LogP contribution in [0.15, 0.2) is 28.0 Å². The van der Waals surface area contributed by atoms with Crippen molar-refractivity contribution < 1.29 is 9.53 Å². The number of pyridine rings is 1. The highest BCUT2D eigenvalue weighted by Gasteiger charge is 2.35. The highest BCUT2D eigenvalue weighted by molar-refractivity contribution is 8.26. The van der Waals surface area contributed by atoms with Crippen molar-refractivity contribution in [1.29, 1.82) is 0 Å². The number of anilines is 1. The normalized spacial score (nSPS) is 20.1. The predicted octanol–water partition coefficient (Wildman–Crippen LogP) is 3.99. The molecule has 2 aliphatic heterocycles. The Morgan fingerprint density at radius 1 is 1.34 bits per heavy atom. The van der Waals surface area contributed by atoms with Crippen molar-refractivity contribution in [2.45, 2.75) is 52.1 Å². The van der Waals surface area contributed by atoms with Crippen molar-refractivity contribution >= 4 is 51.7 Å². The predicted molar refractivity (Wildman–Crippen MR) is 133 cm³/mol. The van der Waals surface area contributed by atoms with Crippen LogP contribution in [0.2, 0.25) is 0 Å². The monoisotopic (exact) mass is 472 g/mol. The number of thiocarbonyl (C=S) groups is 1. The SMILES string of the molecule is CCCCCNc1nc2ccc(C)cn2c(=O)c1/C=C1/SC(=S)N(CC2CCCO2)C1=O. The maximum Gasteiger partial charge on any atom is 0.267 e. The molecule has 1 N–H and O–H groups in total. The average molecular weight is 473 g/mol. The van der Waals surface area contributed by atoms with Gasteiger partial charge in [0.25, 0.3) is 11.5 Å². The van der Waals surface area contributed by atoms with E-state index >= 15 is 0 Å². The molecule has 2 aromatic heterocycles. The Morgan fingerprint density at radius 3 is 2.94 bits per heavy atom. The number of ether oxygens (including phenoxy) is 1. The Bertz CT molecular complexity index is 1120. The number of hydrogen-bond acceptors (Lipinski definition) is 7. The zero-order valence-electron chi connectivity index (χ0n) is 18.4. The number of hydrogen-bond donors (Lipinski definition) is 1. The number of aryl methyl sites for hydroxylation is 1. The minimum atomic E-state index is -0.207. The summed E-state index contributed by atoms with van der Waals surface area (Å²) in [5.41, 5.74) is 1.70. The van der Waals surface area contributed by atoms with Gasteiger partial charge in [-0.2, -0.15) is 0 Å². The summed E-state index contributed by atoms with van der Waals surface area (Å²) in [4.78, 5) is 33.2. The van der Waals surface area contributed by atoms with E-state index in [1.54, 1.807) is 17.2 Å². The summed E-state index contributed by atoms with van der Waals surface area (Å²) in [6.45, 7) is 5.97. The minimum Gasteiger partial charge on any atom is -0.376 e. The molecular formula is C23H28N4O3S2. The van der Waals surface area contributed by atoms with Gasteiger partial charge in [0.2, 0.25) is 0 Å². The molecule has 0 aromatic carbocycles. The largest absolute Gasteiger partial charge is 0.376 e. The van der Waals surface area contributed by atoms with E-state index in [0.717, 1.165) is 44.3 Å². The molecule has 0 spiro atoms. The maximum absolute atomic E-state index is 13.4. The van der Waals surface area contributed by atoms with Gasteiger partial charge in [-0.05, 0) is 43.9 Å². The molecule has 2 aromatic rings. The van der Waals surface area contributed by atoms with Gasteiger partial charge in [0.1, 0.15) is 15.8 Å². The van der Waals surface area contributed by atoms with Crippen LogP contribution in [0.3, 0.4) is 0 Å². The average Bonchev–Trinajstić information content (AvgIpc) is 3.38. The van der Waals surface area contributed by atoms with Gasteiger partial charge in [-0.25, -0.2) is 4.98 Å². The van der Waals surface area contributed by atoms with Gasteiger partial charge in [0.05, 0.1) is 23.1 Å². The van der Waals surface area contributed by atoms with Crippen LogP contribution in [0.5, 0.6) is 0 Å². The van der Waals surface area contributed by atoms with Gasteiger partial charge in [-0.1, -0.05) is 49.8 Å². The maximum atomic E-state index is 13.4. The first kappa shape index (κ1) is 22.9. The van der Waals surface area contributed by atoms with Gasteiger partial charge in [-0.3, -0.25) is 18.9 Å². The second-order valence-electron chi connectivity index (χ2n) is 8.18. The third-order valence-electron chi connectivity index (χ3n) is 5.64. The van der Waals surface area contributed by atoms with Crippen molar-refractivity contribution in [1.82, 2.24) is 14.3 Å². The zero-order chi connectivity index (χ0) is 22.7. The van der Waals surface area contributed by atoms with Gasteiger partial charge < -0.3 is 10.1 Å². The summed E-state index contributed by atoms with van der Waals surface area (Å²) in [6, 6.07) is 3.76. The molecule has 2 aliphatic rings. The number of unbranched alkanes of at least 4 members (excludes halogenated alkanes) is 2. The van der Waals surface area contributed by atoms with E-state index in [1.807, 2.05) is 19.1 Å². The van der Waals surface area contributed by atoms with Crippen LogP contribution in [0.1, 0.15) is 50.2 Å². The van der Waals surface area contributed by atoms with Gasteiger partial charge in [0.15, 0.2) is 0 Å². The molecule has 32 heavy (non-hydrogen) atoms. The number of rotatable bonds is 8. The number of carbonyl (C=O) groups is 1. The van der Waals surface area contributed by atoms with Gasteiger partial charge in [-0.15, -0.1) is 0 Å². The Labute approximate surface area is 197 Å². The topological polar surface area (TPSA) is 75.9 Å². The van der Waals surface area contributed by atoms with E-state index in [-0.39, 0.29) is 17.6 Å². The summed E-state index contributed by atoms with van der Waals surface area (Å²) < 4.78 is 7.70. The van der Waals surface area contributed by atoms with E-state index in [4.69, 9.17) is 17.0 Å². The molecule has 1 amide bonds. The second kappa shape index (κ2) is 10.1. The van der Waals surface area contributed by atoms with Crippen LogP contribution in [0.4, 0.5) is 5.82 Å². The number of fused-ring (bicyclic) bond motifs is 1. The summed E-state index contributed by atoms with van der Waals surface area (Å²) in [5.74, 6) is 0.320. The standard InChI is InChI=1S/C23H28N4O3S2/c1-3-4-5-10-24-20-17(21(28)26-13-15(2)8-9-19(26)25-20)12-18-22(29)27(23(31)32-18)14-16-7-6-11-30-16/h8-9,12-13,16,24H,3-7,10-11,14H2,1-2H3/b18-12+. The molecule has 7 nitrogen and oxygen atoms in total. The number of nitrogens with one attached hydrogen (secondary N) is 1. The first-order valence-corrected chi connectivity index (χ1v) is 12.3. The molecule has 0 bridgehead atoms. The lowest BCUT2D eigenvalue weighted by Gasteiger charge is -2.18. The molecule has 170 valence electrons. The lowest BCUT2D eigenvalue weighted by atomic mass is 10.2. The van der Waals surface area contributed by atoms with Crippen molar-refractivity contribution in [2.24, 2.45) is 0 Å². The summed E-state index contributed by atoms with van der Waals surface area (Å²) in [6.07, 6.45) is 8.54. The van der Waals surface area contributed by atoms with Gasteiger partial charge >= 0.3 is 0 Å². The van der Waals surface area contributed by atoms with Crippen molar-refractivity contribution in [3.8, 4) is 0 Å². The van der Waals surface area contributed by atoms with Crippen LogP contribution in [0, 0.1) is 6.92 Å². The summed E-state index contributed by atoms with van der Waals surface area (Å²) in [5, 5.41) is 3.31. The fraction of sp³-hybridized carbons (Fsp3) is 0.478. The lowest BCUT2D eigenvalue weighted by molar-refractivity contribution is -0.123. The molecule has 1 unspecified atom stereocenters. The third-order valence-corrected chi connectivity index (χ3v) is 7.02. The summed E-state index contributed by atoms with van der Waals surface area (Å²) >= 11 is 6.69. The summed E-state index contributed by atoms with van der Waals surface area (Å²) in [7, 11) is 0. The van der Waals surface area contributed by atoms with E-state index in [1.165, 1.54) is 16.2 Å².